The number of carbonyl (C=O) groups is 2. The van der Waals surface area contributed by atoms with Gasteiger partial charge in [-0.3, -0.25) is 5.73 Å². The SMILES string of the molecule is N[C@]1(OC(=O)O)C[C@H](OC(=O)O)C1. The number of nitrogens with two attached hydrogens (primary N) is 1. The van der Waals surface area contributed by atoms with Gasteiger partial charge in [0.2, 0.25) is 0 Å². The lowest BCUT2D eigenvalue weighted by Crippen LogP contribution is -2.58. The number of carboxylic acid groups (broad SMARTS) is 2. The number of ether oxygens (including phenoxy) is 2. The molecule has 0 amide bonds. The van der Waals surface area contributed by atoms with Crippen LogP contribution in [-0.4, -0.2) is 34.4 Å². The Morgan fingerprint density at radius 3 is 2.23 bits per heavy atom. The van der Waals surface area contributed by atoms with E-state index in [1.807, 2.05) is 0 Å². The zero-order chi connectivity index (χ0) is 10.1. The Labute approximate surface area is 73.0 Å². The molecule has 1 aliphatic rings. The van der Waals surface area contributed by atoms with Crippen molar-refractivity contribution in [3.05, 3.63) is 0 Å². The van der Waals surface area contributed by atoms with Crippen LogP contribution in [0.2, 0.25) is 0 Å². The van der Waals surface area contributed by atoms with Crippen LogP contribution in [0.3, 0.4) is 0 Å². The molecule has 74 valence electrons. The topological polar surface area (TPSA) is 119 Å². The second kappa shape index (κ2) is 3.09. The van der Waals surface area contributed by atoms with Crippen LogP contribution in [-0.2, 0) is 9.47 Å². The van der Waals surface area contributed by atoms with E-state index in [4.69, 9.17) is 15.9 Å². The van der Waals surface area contributed by atoms with E-state index in [0.29, 0.717) is 0 Å². The fourth-order valence-electron chi connectivity index (χ4n) is 1.19. The van der Waals surface area contributed by atoms with Crippen molar-refractivity contribution in [1.82, 2.24) is 0 Å². The average Bonchev–Trinajstić information content (AvgIpc) is 1.79. The smallest absolute Gasteiger partial charge is 0.450 e. The number of hydrogen-bond donors (Lipinski definition) is 3. The van der Waals surface area contributed by atoms with Gasteiger partial charge >= 0.3 is 12.3 Å². The molecule has 1 fully saturated rings. The Kier molecular flexibility index (Phi) is 2.28. The summed E-state index contributed by atoms with van der Waals surface area (Å²) in [6.45, 7) is 0. The standard InChI is InChI=1S/C6H9NO6/c7-6(13-5(10)11)1-3(2-6)12-4(8)9/h3H,1-2,7H2,(H,8,9)(H,10,11)/t3-,6-. The zero-order valence-corrected chi connectivity index (χ0v) is 6.60. The van der Waals surface area contributed by atoms with E-state index < -0.39 is 24.1 Å². The molecule has 0 spiro atoms. The highest BCUT2D eigenvalue weighted by Gasteiger charge is 2.47. The van der Waals surface area contributed by atoms with Gasteiger partial charge in [-0.05, 0) is 0 Å². The molecule has 0 aliphatic heterocycles. The Balaban J connectivity index is 2.30. The van der Waals surface area contributed by atoms with Crippen LogP contribution >= 0.6 is 0 Å². The second-order valence-electron chi connectivity index (χ2n) is 2.85. The van der Waals surface area contributed by atoms with E-state index in [-0.39, 0.29) is 12.8 Å². The normalized spacial score (nSPS) is 31.6. The van der Waals surface area contributed by atoms with Gasteiger partial charge in [-0.2, -0.15) is 0 Å². The van der Waals surface area contributed by atoms with Gasteiger partial charge in [-0.25, -0.2) is 9.59 Å². The van der Waals surface area contributed by atoms with Gasteiger partial charge in [-0.1, -0.05) is 0 Å². The maximum Gasteiger partial charge on any atom is 0.507 e. The molecular weight excluding hydrogens is 182 g/mol. The molecule has 1 rings (SSSR count). The quantitative estimate of drug-likeness (QED) is 0.421. The monoisotopic (exact) mass is 191 g/mol. The van der Waals surface area contributed by atoms with E-state index in [1.54, 1.807) is 0 Å². The van der Waals surface area contributed by atoms with Crippen LogP contribution in [0.1, 0.15) is 12.8 Å². The van der Waals surface area contributed by atoms with Crippen molar-refractivity contribution in [3.8, 4) is 0 Å². The van der Waals surface area contributed by atoms with Gasteiger partial charge in [0, 0.05) is 12.8 Å². The largest absolute Gasteiger partial charge is 0.507 e. The van der Waals surface area contributed by atoms with Crippen LogP contribution in [0.25, 0.3) is 0 Å². The van der Waals surface area contributed by atoms with Crippen LogP contribution in [0.5, 0.6) is 0 Å². The molecule has 0 saturated heterocycles. The Hall–Kier alpha value is -1.50. The average molecular weight is 191 g/mol. The molecule has 4 N–H and O–H groups in total. The fourth-order valence-corrected chi connectivity index (χ4v) is 1.19. The molecule has 0 aromatic rings. The third kappa shape index (κ3) is 2.48. The molecule has 0 aromatic carbocycles. The Morgan fingerprint density at radius 1 is 1.31 bits per heavy atom. The lowest BCUT2D eigenvalue weighted by Gasteiger charge is -2.41. The molecule has 7 heteroatoms. The predicted octanol–water partition coefficient (Wildman–Crippen LogP) is 0.193. The van der Waals surface area contributed by atoms with Crippen molar-refractivity contribution in [2.24, 2.45) is 5.73 Å². The van der Waals surface area contributed by atoms with Gasteiger partial charge in [0.05, 0.1) is 0 Å². The van der Waals surface area contributed by atoms with Crippen molar-refractivity contribution < 1.29 is 29.3 Å². The fraction of sp³-hybridized carbons (Fsp3) is 0.667. The van der Waals surface area contributed by atoms with Gasteiger partial charge in [0.1, 0.15) is 6.10 Å². The van der Waals surface area contributed by atoms with Crippen molar-refractivity contribution >= 4 is 12.3 Å². The van der Waals surface area contributed by atoms with Crippen molar-refractivity contribution in [2.45, 2.75) is 24.7 Å². The van der Waals surface area contributed by atoms with Crippen LogP contribution < -0.4 is 5.73 Å². The minimum absolute atomic E-state index is 0.0611. The maximum absolute atomic E-state index is 10.1. The first-order chi connectivity index (χ1) is 5.91. The Bertz CT molecular complexity index is 233. The second-order valence-corrected chi connectivity index (χ2v) is 2.85. The highest BCUT2D eigenvalue weighted by Crippen LogP contribution is 2.33. The molecule has 13 heavy (non-hydrogen) atoms. The molecule has 0 radical (unpaired) electrons. The van der Waals surface area contributed by atoms with E-state index in [2.05, 4.69) is 9.47 Å². The minimum atomic E-state index is -1.48. The molecule has 0 unspecified atom stereocenters. The molecule has 0 aromatic heterocycles. The van der Waals surface area contributed by atoms with Crippen molar-refractivity contribution in [2.75, 3.05) is 0 Å². The molecule has 1 saturated carbocycles. The number of hydrogen-bond acceptors (Lipinski definition) is 5. The van der Waals surface area contributed by atoms with Gasteiger partial charge in [0.25, 0.3) is 0 Å². The summed E-state index contributed by atoms with van der Waals surface area (Å²) in [4.78, 5) is 20.1. The lowest BCUT2D eigenvalue weighted by molar-refractivity contribution is -0.131. The first-order valence-corrected chi connectivity index (χ1v) is 3.52. The van der Waals surface area contributed by atoms with Gasteiger partial charge < -0.3 is 19.7 Å². The minimum Gasteiger partial charge on any atom is -0.450 e. The van der Waals surface area contributed by atoms with Crippen molar-refractivity contribution in [1.29, 1.82) is 0 Å². The molecule has 1 aliphatic carbocycles. The van der Waals surface area contributed by atoms with E-state index >= 15 is 0 Å². The van der Waals surface area contributed by atoms with E-state index in [1.165, 1.54) is 0 Å². The third-order valence-electron chi connectivity index (χ3n) is 1.70. The molecule has 7 nitrogen and oxygen atoms in total. The summed E-state index contributed by atoms with van der Waals surface area (Å²) in [5.74, 6) is 0. The summed E-state index contributed by atoms with van der Waals surface area (Å²) in [6, 6.07) is 0. The maximum atomic E-state index is 10.1. The molecule has 0 atom stereocenters. The van der Waals surface area contributed by atoms with Crippen LogP contribution in [0.4, 0.5) is 9.59 Å². The van der Waals surface area contributed by atoms with E-state index in [0.717, 1.165) is 0 Å². The molecular formula is C6H9NO6. The summed E-state index contributed by atoms with van der Waals surface area (Å²) in [6.07, 6.45) is -3.32. The first kappa shape index (κ1) is 9.59. The zero-order valence-electron chi connectivity index (χ0n) is 6.60. The summed E-state index contributed by atoms with van der Waals surface area (Å²) >= 11 is 0. The van der Waals surface area contributed by atoms with Gasteiger partial charge in [-0.15, -0.1) is 0 Å². The predicted molar refractivity (Wildman–Crippen MR) is 38.2 cm³/mol. The lowest BCUT2D eigenvalue weighted by atomic mass is 9.85. The summed E-state index contributed by atoms with van der Waals surface area (Å²) in [7, 11) is 0. The van der Waals surface area contributed by atoms with Crippen LogP contribution in [0, 0.1) is 0 Å². The summed E-state index contributed by atoms with van der Waals surface area (Å²) < 4.78 is 8.63. The Morgan fingerprint density at radius 2 is 1.85 bits per heavy atom. The molecule has 0 heterocycles. The molecule has 0 bridgehead atoms. The van der Waals surface area contributed by atoms with Crippen molar-refractivity contribution in [3.63, 3.8) is 0 Å². The van der Waals surface area contributed by atoms with E-state index in [9.17, 15) is 9.59 Å². The first-order valence-electron chi connectivity index (χ1n) is 3.52. The number of rotatable bonds is 2. The highest BCUT2D eigenvalue weighted by molar-refractivity contribution is 5.58. The van der Waals surface area contributed by atoms with Gasteiger partial charge in [0.15, 0.2) is 5.72 Å². The summed E-state index contributed by atoms with van der Waals surface area (Å²) in [5.41, 5.74) is 4.11. The summed E-state index contributed by atoms with van der Waals surface area (Å²) in [5, 5.41) is 16.4. The third-order valence-corrected chi connectivity index (χ3v) is 1.70. The highest BCUT2D eigenvalue weighted by atomic mass is 16.7. The van der Waals surface area contributed by atoms with Crippen LogP contribution in [0.15, 0.2) is 0 Å².